The van der Waals surface area contributed by atoms with Crippen molar-refractivity contribution in [1.82, 2.24) is 9.88 Å². The van der Waals surface area contributed by atoms with Crippen LogP contribution in [0, 0.1) is 0 Å². The number of amides is 1. The van der Waals surface area contributed by atoms with E-state index in [9.17, 15) is 4.79 Å². The molecule has 0 unspecified atom stereocenters. The molecule has 1 amide bonds. The third kappa shape index (κ3) is 2.52. The maximum atomic E-state index is 12.6. The van der Waals surface area contributed by atoms with Gasteiger partial charge in [0.05, 0.1) is 11.1 Å². The molecule has 1 aromatic heterocycles. The normalized spacial score (nSPS) is 10.5. The average Bonchev–Trinajstić information content (AvgIpc) is 2.47. The average molecular weight is 257 g/mol. The fraction of sp³-hybridized carbons (Fsp3) is 0.333. The molecule has 4 nitrogen and oxygen atoms in total. The molecule has 1 aromatic carbocycles. The molecule has 0 aliphatic carbocycles. The van der Waals surface area contributed by atoms with Crippen LogP contribution in [0.3, 0.4) is 0 Å². The first-order chi connectivity index (χ1) is 9.21. The molecular weight excluding hydrogens is 238 g/mol. The van der Waals surface area contributed by atoms with Gasteiger partial charge in [0.2, 0.25) is 0 Å². The minimum absolute atomic E-state index is 0.0556. The maximum absolute atomic E-state index is 12.6. The number of carbonyl (C=O) groups is 1. The summed E-state index contributed by atoms with van der Waals surface area (Å²) in [4.78, 5) is 18.8. The first-order valence-corrected chi connectivity index (χ1v) is 6.58. The lowest BCUT2D eigenvalue weighted by Crippen LogP contribution is -2.30. The van der Waals surface area contributed by atoms with Gasteiger partial charge in [0.25, 0.3) is 5.91 Å². The Hall–Kier alpha value is -2.10. The van der Waals surface area contributed by atoms with E-state index in [2.05, 4.69) is 10.3 Å². The third-order valence-electron chi connectivity index (χ3n) is 3.25. The second-order valence-electron chi connectivity index (χ2n) is 4.30. The molecule has 0 bridgehead atoms. The highest BCUT2D eigenvalue weighted by atomic mass is 16.2. The molecule has 1 N–H and O–H groups in total. The molecule has 0 saturated carbocycles. The lowest BCUT2D eigenvalue weighted by atomic mass is 10.1. The number of nitrogens with one attached hydrogen (secondary N) is 1. The van der Waals surface area contributed by atoms with Gasteiger partial charge in [0.1, 0.15) is 5.82 Å². The quantitative estimate of drug-likeness (QED) is 0.916. The Balaban J connectivity index is 2.60. The van der Waals surface area contributed by atoms with E-state index in [1.165, 1.54) is 0 Å². The molecule has 0 fully saturated rings. The molecule has 100 valence electrons. The zero-order chi connectivity index (χ0) is 13.8. The maximum Gasteiger partial charge on any atom is 0.254 e. The number of carbonyl (C=O) groups excluding carboxylic acids is 1. The number of para-hydroxylation sites is 1. The van der Waals surface area contributed by atoms with Gasteiger partial charge in [0, 0.05) is 25.5 Å². The predicted octanol–water partition coefficient (Wildman–Crippen LogP) is 2.76. The molecule has 0 radical (unpaired) electrons. The number of hydrogen-bond acceptors (Lipinski definition) is 3. The first kappa shape index (κ1) is 13.3. The van der Waals surface area contributed by atoms with E-state index in [4.69, 9.17) is 0 Å². The zero-order valence-electron chi connectivity index (χ0n) is 11.6. The molecule has 0 saturated heterocycles. The molecule has 19 heavy (non-hydrogen) atoms. The van der Waals surface area contributed by atoms with E-state index < -0.39 is 0 Å². The van der Waals surface area contributed by atoms with Crippen molar-refractivity contribution < 1.29 is 4.79 Å². The lowest BCUT2D eigenvalue weighted by molar-refractivity contribution is 0.0775. The van der Waals surface area contributed by atoms with Gasteiger partial charge in [0.15, 0.2) is 0 Å². The van der Waals surface area contributed by atoms with Crippen LogP contribution in [0.4, 0.5) is 5.82 Å². The van der Waals surface area contributed by atoms with E-state index in [1.807, 2.05) is 56.1 Å². The Kier molecular flexibility index (Phi) is 4.00. The van der Waals surface area contributed by atoms with Crippen molar-refractivity contribution in [2.75, 3.05) is 25.5 Å². The molecule has 0 aliphatic heterocycles. The van der Waals surface area contributed by atoms with E-state index in [1.54, 1.807) is 0 Å². The molecule has 1 heterocycles. The number of nitrogens with zero attached hydrogens (tertiary/aromatic N) is 2. The number of aromatic nitrogens is 1. The molecule has 0 spiro atoms. The summed E-state index contributed by atoms with van der Waals surface area (Å²) in [6.07, 6.45) is 0. The monoisotopic (exact) mass is 257 g/mol. The highest BCUT2D eigenvalue weighted by Crippen LogP contribution is 2.22. The van der Waals surface area contributed by atoms with E-state index in [0.717, 1.165) is 10.9 Å². The molecule has 2 rings (SSSR count). The van der Waals surface area contributed by atoms with E-state index >= 15 is 0 Å². The van der Waals surface area contributed by atoms with Gasteiger partial charge >= 0.3 is 0 Å². The van der Waals surface area contributed by atoms with Gasteiger partial charge in [-0.1, -0.05) is 18.2 Å². The summed E-state index contributed by atoms with van der Waals surface area (Å²) in [5.41, 5.74) is 1.54. The summed E-state index contributed by atoms with van der Waals surface area (Å²) < 4.78 is 0. The molecular formula is C15H19N3O. The fourth-order valence-electron chi connectivity index (χ4n) is 2.16. The largest absolute Gasteiger partial charge is 0.373 e. The van der Waals surface area contributed by atoms with Crippen molar-refractivity contribution in [2.24, 2.45) is 0 Å². The molecule has 0 aliphatic rings. The van der Waals surface area contributed by atoms with Crippen LogP contribution in [-0.4, -0.2) is 35.9 Å². The van der Waals surface area contributed by atoms with Gasteiger partial charge in [-0.2, -0.15) is 0 Å². The summed E-state index contributed by atoms with van der Waals surface area (Å²) in [6.45, 7) is 5.40. The lowest BCUT2D eigenvalue weighted by Gasteiger charge is -2.20. The summed E-state index contributed by atoms with van der Waals surface area (Å²) in [5.74, 6) is 0.773. The SMILES string of the molecule is CCN(CC)C(=O)c1cc(NC)nc2ccccc12. The minimum Gasteiger partial charge on any atom is -0.373 e. The first-order valence-electron chi connectivity index (χ1n) is 6.58. The summed E-state index contributed by atoms with van der Waals surface area (Å²) in [6, 6.07) is 9.55. The smallest absolute Gasteiger partial charge is 0.254 e. The van der Waals surface area contributed by atoms with Gasteiger partial charge in [-0.15, -0.1) is 0 Å². The van der Waals surface area contributed by atoms with Crippen LogP contribution >= 0.6 is 0 Å². The Labute approximate surface area is 113 Å². The second-order valence-corrected chi connectivity index (χ2v) is 4.30. The Morgan fingerprint density at radius 3 is 2.58 bits per heavy atom. The van der Waals surface area contributed by atoms with Crippen LogP contribution in [0.25, 0.3) is 10.9 Å². The number of benzene rings is 1. The molecule has 2 aromatic rings. The Morgan fingerprint density at radius 1 is 1.26 bits per heavy atom. The number of anilines is 1. The Morgan fingerprint density at radius 2 is 1.95 bits per heavy atom. The van der Waals surface area contributed by atoms with E-state index in [-0.39, 0.29) is 5.91 Å². The van der Waals surface area contributed by atoms with Crippen LogP contribution in [0.5, 0.6) is 0 Å². The van der Waals surface area contributed by atoms with Crippen molar-refractivity contribution >= 4 is 22.6 Å². The standard InChI is InChI=1S/C15H19N3O/c1-4-18(5-2)15(19)12-10-14(16-3)17-13-9-7-6-8-11(12)13/h6-10H,4-5H2,1-3H3,(H,16,17). The van der Waals surface area contributed by atoms with Crippen molar-refractivity contribution in [2.45, 2.75) is 13.8 Å². The number of pyridine rings is 1. The minimum atomic E-state index is 0.0556. The number of hydrogen-bond donors (Lipinski definition) is 1. The highest BCUT2D eigenvalue weighted by Gasteiger charge is 2.16. The van der Waals surface area contributed by atoms with Crippen LogP contribution in [0.15, 0.2) is 30.3 Å². The van der Waals surface area contributed by atoms with Crippen molar-refractivity contribution in [3.8, 4) is 0 Å². The van der Waals surface area contributed by atoms with Gasteiger partial charge in [-0.3, -0.25) is 4.79 Å². The second kappa shape index (κ2) is 5.69. The molecule has 4 heteroatoms. The summed E-state index contributed by atoms with van der Waals surface area (Å²) >= 11 is 0. The van der Waals surface area contributed by atoms with Crippen LogP contribution in [-0.2, 0) is 0 Å². The summed E-state index contributed by atoms with van der Waals surface area (Å²) in [5, 5.41) is 3.91. The highest BCUT2D eigenvalue weighted by molar-refractivity contribution is 6.06. The molecule has 0 atom stereocenters. The summed E-state index contributed by atoms with van der Waals surface area (Å²) in [7, 11) is 1.81. The number of fused-ring (bicyclic) bond motifs is 1. The fourth-order valence-corrected chi connectivity index (χ4v) is 2.16. The van der Waals surface area contributed by atoms with Crippen molar-refractivity contribution in [3.05, 3.63) is 35.9 Å². The van der Waals surface area contributed by atoms with Gasteiger partial charge in [-0.05, 0) is 26.0 Å². The van der Waals surface area contributed by atoms with Crippen molar-refractivity contribution in [1.29, 1.82) is 0 Å². The van der Waals surface area contributed by atoms with Crippen LogP contribution < -0.4 is 5.32 Å². The zero-order valence-corrected chi connectivity index (χ0v) is 11.6. The van der Waals surface area contributed by atoms with E-state index in [0.29, 0.717) is 24.5 Å². The van der Waals surface area contributed by atoms with Crippen LogP contribution in [0.2, 0.25) is 0 Å². The predicted molar refractivity (Wildman–Crippen MR) is 78.5 cm³/mol. The van der Waals surface area contributed by atoms with Crippen molar-refractivity contribution in [3.63, 3.8) is 0 Å². The van der Waals surface area contributed by atoms with Gasteiger partial charge < -0.3 is 10.2 Å². The topological polar surface area (TPSA) is 45.2 Å². The Bertz CT molecular complexity index is 591. The third-order valence-corrected chi connectivity index (χ3v) is 3.25. The van der Waals surface area contributed by atoms with Crippen LogP contribution in [0.1, 0.15) is 24.2 Å². The number of rotatable bonds is 4. The van der Waals surface area contributed by atoms with Gasteiger partial charge in [-0.25, -0.2) is 4.98 Å².